The van der Waals surface area contributed by atoms with Crippen LogP contribution in [0, 0.1) is 5.92 Å². The molecule has 2 aromatic rings. The topological polar surface area (TPSA) is 41.6 Å². The minimum atomic E-state index is -0.385. The van der Waals surface area contributed by atoms with Gasteiger partial charge in [0.1, 0.15) is 5.75 Å². The van der Waals surface area contributed by atoms with Crippen molar-refractivity contribution in [2.24, 2.45) is 5.92 Å². The number of carbonyl (C=O) groups is 1. The van der Waals surface area contributed by atoms with Gasteiger partial charge in [0, 0.05) is 25.3 Å². The predicted octanol–water partition coefficient (Wildman–Crippen LogP) is 3.30. The summed E-state index contributed by atoms with van der Waals surface area (Å²) < 4.78 is 5.22. The number of amides is 1. The lowest BCUT2D eigenvalue weighted by Crippen LogP contribution is -2.33. The molecule has 4 heteroatoms. The Kier molecular flexibility index (Phi) is 4.59. The van der Waals surface area contributed by atoms with Gasteiger partial charge in [0.25, 0.3) is 0 Å². The second-order valence-corrected chi connectivity index (χ2v) is 5.52. The van der Waals surface area contributed by atoms with E-state index in [0.717, 1.165) is 19.5 Å². The van der Waals surface area contributed by atoms with Gasteiger partial charge >= 0.3 is 6.09 Å². The third kappa shape index (κ3) is 3.79. The zero-order valence-electron chi connectivity index (χ0n) is 12.4. The number of rotatable bonds is 4. The molecule has 114 valence electrons. The molecule has 1 aliphatic rings. The fraction of sp³-hybridized carbons (Fsp3) is 0.278. The molecule has 22 heavy (non-hydrogen) atoms. The van der Waals surface area contributed by atoms with E-state index >= 15 is 0 Å². The fourth-order valence-corrected chi connectivity index (χ4v) is 2.73. The number of benzene rings is 2. The molecule has 0 aromatic heterocycles. The first kappa shape index (κ1) is 14.4. The molecule has 1 N–H and O–H groups in total. The highest BCUT2D eigenvalue weighted by Crippen LogP contribution is 2.22. The van der Waals surface area contributed by atoms with E-state index in [9.17, 15) is 4.79 Å². The molecule has 0 aliphatic carbocycles. The number of para-hydroxylation sites is 2. The van der Waals surface area contributed by atoms with Crippen LogP contribution in [0.2, 0.25) is 0 Å². The summed E-state index contributed by atoms with van der Waals surface area (Å²) in [5.41, 5.74) is 1.25. The number of hydrogen-bond acceptors (Lipinski definition) is 3. The van der Waals surface area contributed by atoms with Crippen LogP contribution in [0.1, 0.15) is 6.42 Å². The first-order chi connectivity index (χ1) is 10.8. The maximum Gasteiger partial charge on any atom is 0.412 e. The molecule has 4 nitrogen and oxygen atoms in total. The Hall–Kier alpha value is -2.49. The number of nitrogens with one attached hydrogen (secondary N) is 1. The molecule has 1 amide bonds. The predicted molar refractivity (Wildman–Crippen MR) is 87.2 cm³/mol. The van der Waals surface area contributed by atoms with Crippen LogP contribution < -0.4 is 15.0 Å². The highest BCUT2D eigenvalue weighted by Gasteiger charge is 2.23. The van der Waals surface area contributed by atoms with E-state index in [-0.39, 0.29) is 6.09 Å². The highest BCUT2D eigenvalue weighted by molar-refractivity contribution is 5.70. The first-order valence-electron chi connectivity index (χ1n) is 7.62. The molecule has 3 rings (SSSR count). The monoisotopic (exact) mass is 296 g/mol. The largest absolute Gasteiger partial charge is 0.412 e. The zero-order valence-corrected chi connectivity index (χ0v) is 12.4. The normalized spacial score (nSPS) is 17.3. The maximum absolute atomic E-state index is 11.8. The van der Waals surface area contributed by atoms with Crippen molar-refractivity contribution in [3.8, 4) is 5.75 Å². The third-order valence-electron chi connectivity index (χ3n) is 3.90. The number of carbonyl (C=O) groups excluding carboxylic acids is 1. The Morgan fingerprint density at radius 3 is 2.50 bits per heavy atom. The van der Waals surface area contributed by atoms with Crippen LogP contribution in [0.5, 0.6) is 5.75 Å². The van der Waals surface area contributed by atoms with Gasteiger partial charge in [-0.2, -0.15) is 0 Å². The summed E-state index contributed by atoms with van der Waals surface area (Å²) in [5.74, 6) is 1.03. The van der Waals surface area contributed by atoms with Crippen LogP contribution in [0.4, 0.5) is 10.5 Å². The van der Waals surface area contributed by atoms with Crippen LogP contribution in [0.3, 0.4) is 0 Å². The van der Waals surface area contributed by atoms with Crippen LogP contribution >= 0.6 is 0 Å². The Labute approximate surface area is 130 Å². The van der Waals surface area contributed by atoms with Crippen molar-refractivity contribution >= 4 is 11.8 Å². The van der Waals surface area contributed by atoms with Gasteiger partial charge in [-0.3, -0.25) is 0 Å². The molecule has 0 spiro atoms. The summed E-state index contributed by atoms with van der Waals surface area (Å²) in [6.45, 7) is 2.65. The van der Waals surface area contributed by atoms with Crippen molar-refractivity contribution < 1.29 is 9.53 Å². The van der Waals surface area contributed by atoms with Gasteiger partial charge in [-0.1, -0.05) is 36.4 Å². The zero-order chi connectivity index (χ0) is 15.2. The molecule has 2 aromatic carbocycles. The Morgan fingerprint density at radius 2 is 1.77 bits per heavy atom. The number of anilines is 1. The molecule has 1 fully saturated rings. The number of ether oxygens (including phenoxy) is 1. The lowest BCUT2D eigenvalue weighted by molar-refractivity contribution is 0.199. The summed E-state index contributed by atoms with van der Waals surface area (Å²) in [7, 11) is 0. The van der Waals surface area contributed by atoms with E-state index in [4.69, 9.17) is 4.74 Å². The van der Waals surface area contributed by atoms with E-state index in [1.807, 2.05) is 24.3 Å². The van der Waals surface area contributed by atoms with Crippen molar-refractivity contribution in [1.29, 1.82) is 0 Å². The third-order valence-corrected chi connectivity index (χ3v) is 3.90. The lowest BCUT2D eigenvalue weighted by Gasteiger charge is -2.18. The second kappa shape index (κ2) is 6.98. The molecule has 1 aliphatic heterocycles. The molecule has 1 heterocycles. The SMILES string of the molecule is O=C(NCC1CCN(c2ccccc2)C1)Oc1ccccc1. The standard InChI is InChI=1S/C18H20N2O2/c21-18(22-17-9-5-2-6-10-17)19-13-15-11-12-20(14-15)16-7-3-1-4-8-16/h1-10,15H,11-14H2,(H,19,21). The summed E-state index contributed by atoms with van der Waals surface area (Å²) in [6.07, 6.45) is 0.699. The van der Waals surface area contributed by atoms with Crippen molar-refractivity contribution in [3.05, 3.63) is 60.7 Å². The Bertz CT molecular complexity index is 601. The molecule has 0 radical (unpaired) electrons. The van der Waals surface area contributed by atoms with Gasteiger partial charge in [-0.25, -0.2) is 4.79 Å². The average molecular weight is 296 g/mol. The number of nitrogens with zero attached hydrogens (tertiary/aromatic N) is 1. The van der Waals surface area contributed by atoms with Crippen molar-refractivity contribution in [1.82, 2.24) is 5.32 Å². The van der Waals surface area contributed by atoms with Gasteiger partial charge in [-0.15, -0.1) is 0 Å². The number of hydrogen-bond donors (Lipinski definition) is 1. The molecule has 1 unspecified atom stereocenters. The van der Waals surface area contributed by atoms with E-state index in [2.05, 4.69) is 34.5 Å². The molecular weight excluding hydrogens is 276 g/mol. The van der Waals surface area contributed by atoms with Crippen LogP contribution in [-0.4, -0.2) is 25.7 Å². The van der Waals surface area contributed by atoms with E-state index < -0.39 is 0 Å². The average Bonchev–Trinajstić information content (AvgIpc) is 3.04. The van der Waals surface area contributed by atoms with Gasteiger partial charge in [0.2, 0.25) is 0 Å². The van der Waals surface area contributed by atoms with Crippen LogP contribution in [-0.2, 0) is 0 Å². The molecule has 0 saturated carbocycles. The Morgan fingerprint density at radius 1 is 1.09 bits per heavy atom. The van der Waals surface area contributed by atoms with Gasteiger partial charge in [0.05, 0.1) is 0 Å². The van der Waals surface area contributed by atoms with Crippen molar-refractivity contribution in [3.63, 3.8) is 0 Å². The summed E-state index contributed by atoms with van der Waals surface area (Å²) in [4.78, 5) is 14.1. The Balaban J connectivity index is 1.44. The van der Waals surface area contributed by atoms with Gasteiger partial charge in [0.15, 0.2) is 0 Å². The highest BCUT2D eigenvalue weighted by atomic mass is 16.6. The van der Waals surface area contributed by atoms with E-state index in [1.165, 1.54) is 5.69 Å². The summed E-state index contributed by atoms with van der Waals surface area (Å²) in [5, 5.41) is 2.86. The van der Waals surface area contributed by atoms with Gasteiger partial charge < -0.3 is 15.0 Å². The van der Waals surface area contributed by atoms with Crippen LogP contribution in [0.25, 0.3) is 0 Å². The lowest BCUT2D eigenvalue weighted by atomic mass is 10.1. The molecule has 1 saturated heterocycles. The quantitative estimate of drug-likeness (QED) is 0.941. The fourth-order valence-electron chi connectivity index (χ4n) is 2.73. The molecular formula is C18H20N2O2. The second-order valence-electron chi connectivity index (χ2n) is 5.52. The summed E-state index contributed by atoms with van der Waals surface area (Å²) >= 11 is 0. The van der Waals surface area contributed by atoms with E-state index in [1.54, 1.807) is 12.1 Å². The van der Waals surface area contributed by atoms with Crippen LogP contribution in [0.15, 0.2) is 60.7 Å². The summed E-state index contributed by atoms with van der Waals surface area (Å²) in [6, 6.07) is 19.5. The molecule has 1 atom stereocenters. The van der Waals surface area contributed by atoms with Gasteiger partial charge in [-0.05, 0) is 36.6 Å². The van der Waals surface area contributed by atoms with Crippen molar-refractivity contribution in [2.45, 2.75) is 6.42 Å². The first-order valence-corrected chi connectivity index (χ1v) is 7.62. The minimum Gasteiger partial charge on any atom is -0.410 e. The smallest absolute Gasteiger partial charge is 0.410 e. The van der Waals surface area contributed by atoms with Crippen molar-refractivity contribution in [2.75, 3.05) is 24.5 Å². The molecule has 0 bridgehead atoms. The minimum absolute atomic E-state index is 0.385. The maximum atomic E-state index is 11.8. The van der Waals surface area contributed by atoms with E-state index in [0.29, 0.717) is 18.2 Å².